The van der Waals surface area contributed by atoms with Gasteiger partial charge in [-0.3, -0.25) is 14.4 Å². The van der Waals surface area contributed by atoms with Crippen molar-refractivity contribution in [3.63, 3.8) is 0 Å². The number of thioether (sulfide) groups is 1. The molecule has 0 unspecified atom stereocenters. The topological polar surface area (TPSA) is 118 Å². The van der Waals surface area contributed by atoms with Crippen molar-refractivity contribution in [3.05, 3.63) is 56.4 Å². The number of hydrogen-bond donors (Lipinski definition) is 3. The number of nitrogens with zero attached hydrogens (tertiary/aromatic N) is 1. The smallest absolute Gasteiger partial charge is 0.259 e. The van der Waals surface area contributed by atoms with Crippen LogP contribution in [0.3, 0.4) is 0 Å². The van der Waals surface area contributed by atoms with Gasteiger partial charge < -0.3 is 16.0 Å². The molecular weight excluding hydrogens is 396 g/mol. The van der Waals surface area contributed by atoms with E-state index < -0.39 is 5.91 Å². The van der Waals surface area contributed by atoms with E-state index in [0.29, 0.717) is 28.2 Å². The number of thiophene rings is 1. The Bertz CT molecular complexity index is 1100. The predicted molar refractivity (Wildman–Crippen MR) is 114 cm³/mol. The molecular formula is C19H20N4O3S2. The molecule has 3 rings (SSSR count). The Hall–Kier alpha value is -2.65. The molecule has 0 fully saturated rings. The molecule has 0 radical (unpaired) electrons. The largest absolute Gasteiger partial charge is 0.366 e. The van der Waals surface area contributed by atoms with Crippen molar-refractivity contribution in [3.8, 4) is 0 Å². The van der Waals surface area contributed by atoms with E-state index in [-0.39, 0.29) is 16.7 Å². The minimum Gasteiger partial charge on any atom is -0.366 e. The average Bonchev–Trinajstić information content (AvgIpc) is 2.94. The Balaban J connectivity index is 1.64. The summed E-state index contributed by atoms with van der Waals surface area (Å²) >= 11 is 2.88. The number of rotatable bonds is 6. The minimum atomic E-state index is -0.517. The highest BCUT2D eigenvalue weighted by atomic mass is 32.2. The summed E-state index contributed by atoms with van der Waals surface area (Å²) in [6.45, 7) is 5.67. The molecule has 0 spiro atoms. The molecule has 0 aliphatic carbocycles. The van der Waals surface area contributed by atoms with Crippen molar-refractivity contribution >= 4 is 50.8 Å². The molecule has 0 aliphatic heterocycles. The van der Waals surface area contributed by atoms with Crippen LogP contribution in [-0.4, -0.2) is 27.0 Å². The van der Waals surface area contributed by atoms with Gasteiger partial charge in [-0.1, -0.05) is 0 Å². The van der Waals surface area contributed by atoms with Crippen LogP contribution in [-0.2, 0) is 10.5 Å². The third-order valence-electron chi connectivity index (χ3n) is 4.36. The van der Waals surface area contributed by atoms with Crippen LogP contribution in [0, 0.1) is 13.8 Å². The fourth-order valence-corrected chi connectivity index (χ4v) is 4.41. The normalized spacial score (nSPS) is 12.1. The van der Waals surface area contributed by atoms with E-state index >= 15 is 0 Å². The van der Waals surface area contributed by atoms with Gasteiger partial charge in [0.25, 0.3) is 5.56 Å². The third-order valence-corrected chi connectivity index (χ3v) is 6.62. The third kappa shape index (κ3) is 4.26. The van der Waals surface area contributed by atoms with Crippen molar-refractivity contribution < 1.29 is 9.59 Å². The summed E-state index contributed by atoms with van der Waals surface area (Å²) in [7, 11) is 0. The van der Waals surface area contributed by atoms with Gasteiger partial charge in [-0.05, 0) is 50.6 Å². The maximum absolute atomic E-state index is 12.4. The maximum atomic E-state index is 12.4. The summed E-state index contributed by atoms with van der Waals surface area (Å²) < 4.78 is 0. The number of fused-ring (bicyclic) bond motifs is 1. The minimum absolute atomic E-state index is 0.144. The van der Waals surface area contributed by atoms with Crippen molar-refractivity contribution in [1.29, 1.82) is 0 Å². The highest BCUT2D eigenvalue weighted by molar-refractivity contribution is 7.99. The first-order chi connectivity index (χ1) is 13.3. The Morgan fingerprint density at radius 1 is 1.29 bits per heavy atom. The van der Waals surface area contributed by atoms with E-state index in [2.05, 4.69) is 15.3 Å². The number of amides is 2. The summed E-state index contributed by atoms with van der Waals surface area (Å²) in [4.78, 5) is 44.9. The zero-order valence-electron chi connectivity index (χ0n) is 15.7. The lowest BCUT2D eigenvalue weighted by atomic mass is 10.2. The fraction of sp³-hybridized carbons (Fsp3) is 0.263. The number of anilines is 1. The van der Waals surface area contributed by atoms with Crippen LogP contribution < -0.4 is 16.6 Å². The van der Waals surface area contributed by atoms with Gasteiger partial charge in [-0.15, -0.1) is 23.1 Å². The Morgan fingerprint density at radius 2 is 1.96 bits per heavy atom. The van der Waals surface area contributed by atoms with Crippen LogP contribution in [0.2, 0.25) is 0 Å². The quantitative estimate of drug-likeness (QED) is 0.571. The molecule has 1 aromatic carbocycles. The predicted octanol–water partition coefficient (Wildman–Crippen LogP) is 2.96. The number of aromatic nitrogens is 2. The molecule has 0 saturated carbocycles. The fourth-order valence-electron chi connectivity index (χ4n) is 2.61. The average molecular weight is 417 g/mol. The molecule has 7 nitrogen and oxygen atoms in total. The molecule has 2 aromatic heterocycles. The number of primary amides is 1. The van der Waals surface area contributed by atoms with Crippen LogP contribution in [0.1, 0.15) is 33.5 Å². The SMILES string of the molecule is Cc1sc2nc(CS[C@H](C)C(=O)Nc3ccc(C(N)=O)cc3)[nH]c(=O)c2c1C. The summed E-state index contributed by atoms with van der Waals surface area (Å²) in [5, 5.41) is 3.08. The summed E-state index contributed by atoms with van der Waals surface area (Å²) in [5.41, 5.74) is 6.98. The number of nitrogens with one attached hydrogen (secondary N) is 2. The number of carbonyl (C=O) groups is 2. The molecule has 9 heteroatoms. The Morgan fingerprint density at radius 3 is 2.61 bits per heavy atom. The summed E-state index contributed by atoms with van der Waals surface area (Å²) in [6.07, 6.45) is 0. The zero-order valence-corrected chi connectivity index (χ0v) is 17.3. The van der Waals surface area contributed by atoms with E-state index in [9.17, 15) is 14.4 Å². The van der Waals surface area contributed by atoms with Crippen molar-refractivity contribution in [1.82, 2.24) is 9.97 Å². The molecule has 0 bridgehead atoms. The van der Waals surface area contributed by atoms with Gasteiger partial charge in [0, 0.05) is 16.1 Å². The first-order valence-electron chi connectivity index (χ1n) is 8.57. The second kappa shape index (κ2) is 8.15. The van der Waals surface area contributed by atoms with Crippen molar-refractivity contribution in [2.45, 2.75) is 31.8 Å². The van der Waals surface area contributed by atoms with E-state index in [1.165, 1.54) is 23.1 Å². The summed E-state index contributed by atoms with van der Waals surface area (Å²) in [5.74, 6) is 0.268. The lowest BCUT2D eigenvalue weighted by Crippen LogP contribution is -2.23. The van der Waals surface area contributed by atoms with Gasteiger partial charge in [-0.25, -0.2) is 4.98 Å². The van der Waals surface area contributed by atoms with Gasteiger partial charge >= 0.3 is 0 Å². The lowest BCUT2D eigenvalue weighted by molar-refractivity contribution is -0.115. The first kappa shape index (κ1) is 20.1. The van der Waals surface area contributed by atoms with Crippen LogP contribution in [0.4, 0.5) is 5.69 Å². The monoisotopic (exact) mass is 416 g/mol. The zero-order chi connectivity index (χ0) is 20.4. The van der Waals surface area contributed by atoms with Gasteiger partial charge in [0.05, 0.1) is 16.4 Å². The number of aromatic amines is 1. The van der Waals surface area contributed by atoms with Crippen LogP contribution in [0.5, 0.6) is 0 Å². The second-order valence-electron chi connectivity index (χ2n) is 6.36. The number of aryl methyl sites for hydroxylation is 2. The standard InChI is InChI=1S/C19H20N4O3S2/c1-9-10(2)28-19-15(9)18(26)22-14(23-19)8-27-11(3)17(25)21-13-6-4-12(5-7-13)16(20)24/h4-7,11H,8H2,1-3H3,(H2,20,24)(H,21,25)(H,22,23,26)/t11-/m1/s1. The van der Waals surface area contributed by atoms with Crippen molar-refractivity contribution in [2.75, 3.05) is 5.32 Å². The van der Waals surface area contributed by atoms with Crippen LogP contribution in [0.25, 0.3) is 10.2 Å². The van der Waals surface area contributed by atoms with Gasteiger partial charge in [0.2, 0.25) is 11.8 Å². The lowest BCUT2D eigenvalue weighted by Gasteiger charge is -2.12. The number of H-pyrrole nitrogens is 1. The van der Waals surface area contributed by atoms with E-state index in [4.69, 9.17) is 5.73 Å². The number of nitrogens with two attached hydrogens (primary N) is 1. The molecule has 1 atom stereocenters. The van der Waals surface area contributed by atoms with Gasteiger partial charge in [0.15, 0.2) is 0 Å². The molecule has 0 aliphatic rings. The van der Waals surface area contributed by atoms with E-state index in [1.807, 2.05) is 13.8 Å². The van der Waals surface area contributed by atoms with Gasteiger partial charge in [0.1, 0.15) is 10.7 Å². The molecule has 2 heterocycles. The van der Waals surface area contributed by atoms with E-state index in [0.717, 1.165) is 15.3 Å². The van der Waals surface area contributed by atoms with Crippen LogP contribution in [0.15, 0.2) is 29.1 Å². The molecule has 3 aromatic rings. The molecule has 2 amide bonds. The molecule has 4 N–H and O–H groups in total. The molecule has 28 heavy (non-hydrogen) atoms. The maximum Gasteiger partial charge on any atom is 0.259 e. The molecule has 146 valence electrons. The number of benzene rings is 1. The van der Waals surface area contributed by atoms with Crippen LogP contribution >= 0.6 is 23.1 Å². The highest BCUT2D eigenvalue weighted by Crippen LogP contribution is 2.26. The van der Waals surface area contributed by atoms with Gasteiger partial charge in [-0.2, -0.15) is 0 Å². The number of carbonyl (C=O) groups excluding carboxylic acids is 2. The number of hydrogen-bond acceptors (Lipinski definition) is 6. The second-order valence-corrected chi connectivity index (χ2v) is 8.89. The Kier molecular flexibility index (Phi) is 5.85. The van der Waals surface area contributed by atoms with E-state index in [1.54, 1.807) is 31.2 Å². The Labute approximate surface area is 169 Å². The molecule has 0 saturated heterocycles. The summed E-state index contributed by atoms with van der Waals surface area (Å²) in [6, 6.07) is 6.38. The highest BCUT2D eigenvalue weighted by Gasteiger charge is 2.16. The first-order valence-corrected chi connectivity index (χ1v) is 10.4. The van der Waals surface area contributed by atoms with Crippen molar-refractivity contribution in [2.24, 2.45) is 5.73 Å².